The molecule has 29 heavy (non-hydrogen) atoms. The number of rotatable bonds is 4. The number of fused-ring (bicyclic) bond motifs is 4. The first kappa shape index (κ1) is 18.1. The molecule has 150 valence electrons. The number of amides is 1. The topological polar surface area (TPSA) is 94.1 Å². The van der Waals surface area contributed by atoms with Crippen molar-refractivity contribution < 1.29 is 9.90 Å². The van der Waals surface area contributed by atoms with Gasteiger partial charge in [-0.2, -0.15) is 5.10 Å². The third kappa shape index (κ3) is 3.25. The largest absolute Gasteiger partial charge is 0.508 e. The highest BCUT2D eigenvalue weighted by molar-refractivity contribution is 6.07. The molecule has 1 atom stereocenters. The van der Waals surface area contributed by atoms with Crippen molar-refractivity contribution in [2.45, 2.75) is 32.2 Å². The normalized spacial score (nSPS) is 23.4. The summed E-state index contributed by atoms with van der Waals surface area (Å²) in [5.41, 5.74) is 3.59. The number of carbonyl (C=O) groups excluding carboxylic acids is 1. The maximum atomic E-state index is 13.4. The summed E-state index contributed by atoms with van der Waals surface area (Å²) in [7, 11) is 0. The summed E-state index contributed by atoms with van der Waals surface area (Å²) >= 11 is 0. The number of phenolic OH excluding ortho intramolecular Hbond substituents is 1. The summed E-state index contributed by atoms with van der Waals surface area (Å²) in [4.78, 5) is 20.5. The van der Waals surface area contributed by atoms with Crippen LogP contribution in [0.25, 0.3) is 22.3 Å². The van der Waals surface area contributed by atoms with Gasteiger partial charge in [-0.25, -0.2) is 4.98 Å². The smallest absolute Gasteiger partial charge is 0.252 e. The maximum Gasteiger partial charge on any atom is 0.252 e. The van der Waals surface area contributed by atoms with Gasteiger partial charge in [0.15, 0.2) is 5.65 Å². The Morgan fingerprint density at radius 3 is 2.69 bits per heavy atom. The van der Waals surface area contributed by atoms with Crippen LogP contribution >= 0.6 is 0 Å². The van der Waals surface area contributed by atoms with Crippen molar-refractivity contribution in [1.29, 1.82) is 0 Å². The van der Waals surface area contributed by atoms with Crippen LogP contribution < -0.4 is 5.32 Å². The monoisotopic (exact) mass is 391 g/mol. The lowest BCUT2D eigenvalue weighted by molar-refractivity contribution is 0.0621. The molecule has 0 radical (unpaired) electrons. The summed E-state index contributed by atoms with van der Waals surface area (Å²) in [6.07, 6.45) is 3.06. The number of nitrogens with zero attached hydrogens (tertiary/aromatic N) is 3. The van der Waals surface area contributed by atoms with Crippen LogP contribution in [0.15, 0.2) is 30.3 Å². The maximum absolute atomic E-state index is 13.4. The van der Waals surface area contributed by atoms with E-state index in [2.05, 4.69) is 25.4 Å². The molecule has 1 aromatic carbocycles. The number of phenols is 1. The zero-order valence-corrected chi connectivity index (χ0v) is 16.5. The molecule has 2 aromatic heterocycles. The molecule has 7 nitrogen and oxygen atoms in total. The first-order valence-corrected chi connectivity index (χ1v) is 10.3. The molecule has 2 bridgehead atoms. The van der Waals surface area contributed by atoms with E-state index < -0.39 is 0 Å². The number of benzene rings is 1. The highest BCUT2D eigenvalue weighted by atomic mass is 16.3. The molecule has 3 aromatic rings. The van der Waals surface area contributed by atoms with Gasteiger partial charge in [0.1, 0.15) is 5.75 Å². The lowest BCUT2D eigenvalue weighted by atomic mass is 9.84. The average molecular weight is 391 g/mol. The van der Waals surface area contributed by atoms with Gasteiger partial charge in [-0.3, -0.25) is 9.89 Å². The number of nitrogens with one attached hydrogen (secondary N) is 2. The fourth-order valence-electron chi connectivity index (χ4n) is 4.68. The minimum atomic E-state index is -0.0627. The number of hydrogen-bond donors (Lipinski definition) is 3. The van der Waals surface area contributed by atoms with Gasteiger partial charge < -0.3 is 15.3 Å². The van der Waals surface area contributed by atoms with Crippen LogP contribution in [0.1, 0.15) is 35.8 Å². The molecule has 3 saturated heterocycles. The number of aromatic amines is 1. The molecule has 3 aliphatic heterocycles. The number of aromatic hydroxyl groups is 1. The molecule has 3 N–H and O–H groups in total. The molecule has 7 heteroatoms. The number of aromatic nitrogens is 3. The number of carbonyl (C=O) groups is 1. The first-order chi connectivity index (χ1) is 14.1. The van der Waals surface area contributed by atoms with Gasteiger partial charge in [-0.1, -0.05) is 6.92 Å². The Labute approximate surface area is 169 Å². The highest BCUT2D eigenvalue weighted by Crippen LogP contribution is 2.30. The second-order valence-corrected chi connectivity index (χ2v) is 8.07. The van der Waals surface area contributed by atoms with Crippen molar-refractivity contribution >= 4 is 16.9 Å². The van der Waals surface area contributed by atoms with Crippen LogP contribution in [0.4, 0.5) is 0 Å². The minimum absolute atomic E-state index is 0.0627. The number of aryl methyl sites for hydroxylation is 1. The number of H-pyrrole nitrogens is 1. The van der Waals surface area contributed by atoms with Crippen LogP contribution in [-0.4, -0.2) is 56.8 Å². The Morgan fingerprint density at radius 2 is 2.03 bits per heavy atom. The van der Waals surface area contributed by atoms with Crippen LogP contribution in [0, 0.1) is 5.92 Å². The van der Waals surface area contributed by atoms with Crippen molar-refractivity contribution in [2.75, 3.05) is 19.6 Å². The van der Waals surface area contributed by atoms with E-state index in [9.17, 15) is 9.90 Å². The van der Waals surface area contributed by atoms with Crippen LogP contribution in [0.3, 0.4) is 0 Å². The molecule has 6 rings (SSSR count). The number of pyridine rings is 1. The molecule has 1 amide bonds. The molecule has 5 heterocycles. The van der Waals surface area contributed by atoms with E-state index in [0.29, 0.717) is 22.8 Å². The predicted octanol–water partition coefficient (Wildman–Crippen LogP) is 2.72. The molecular formula is C22H25N5O2. The summed E-state index contributed by atoms with van der Waals surface area (Å²) in [5, 5.41) is 21.1. The van der Waals surface area contributed by atoms with E-state index in [0.717, 1.165) is 55.5 Å². The molecule has 3 fully saturated rings. The molecule has 0 unspecified atom stereocenters. The fourth-order valence-corrected chi connectivity index (χ4v) is 4.68. The van der Waals surface area contributed by atoms with E-state index in [4.69, 9.17) is 0 Å². The first-order valence-electron chi connectivity index (χ1n) is 10.3. The fraction of sp³-hybridized carbons (Fsp3) is 0.409. The lowest BCUT2D eigenvalue weighted by Crippen LogP contribution is -2.57. The molecule has 3 aliphatic rings. The van der Waals surface area contributed by atoms with Crippen molar-refractivity contribution in [3.63, 3.8) is 0 Å². The van der Waals surface area contributed by atoms with E-state index in [1.807, 2.05) is 13.0 Å². The second-order valence-electron chi connectivity index (χ2n) is 8.07. The predicted molar refractivity (Wildman–Crippen MR) is 111 cm³/mol. The highest BCUT2D eigenvalue weighted by Gasteiger charge is 2.35. The van der Waals surface area contributed by atoms with Crippen molar-refractivity contribution in [3.05, 3.63) is 41.6 Å². The van der Waals surface area contributed by atoms with Crippen molar-refractivity contribution in [1.82, 2.24) is 25.4 Å². The average Bonchev–Trinajstić information content (AvgIpc) is 3.17. The Balaban J connectivity index is 1.54. The number of piperidine rings is 3. The second kappa shape index (κ2) is 7.15. The lowest BCUT2D eigenvalue weighted by Gasteiger charge is -2.44. The van der Waals surface area contributed by atoms with Crippen LogP contribution in [0.5, 0.6) is 5.75 Å². The quantitative estimate of drug-likeness (QED) is 0.636. The number of hydrogen-bond acceptors (Lipinski definition) is 5. The van der Waals surface area contributed by atoms with E-state index in [1.165, 1.54) is 0 Å². The van der Waals surface area contributed by atoms with Gasteiger partial charge in [0.2, 0.25) is 0 Å². The van der Waals surface area contributed by atoms with Gasteiger partial charge in [-0.15, -0.1) is 0 Å². The summed E-state index contributed by atoms with van der Waals surface area (Å²) < 4.78 is 0. The summed E-state index contributed by atoms with van der Waals surface area (Å²) in [6, 6.07) is 8.88. The zero-order chi connectivity index (χ0) is 20.0. The van der Waals surface area contributed by atoms with E-state index in [1.54, 1.807) is 24.3 Å². The van der Waals surface area contributed by atoms with Gasteiger partial charge in [0, 0.05) is 23.8 Å². The van der Waals surface area contributed by atoms with Gasteiger partial charge in [-0.05, 0) is 68.6 Å². The van der Waals surface area contributed by atoms with E-state index >= 15 is 0 Å². The third-order valence-corrected chi connectivity index (χ3v) is 6.33. The standard InChI is InChI=1S/C22H25N5O2/c1-2-17-20-16(22(29)24-19-12-27-9-7-14(19)8-10-27)11-18(23-21(20)26-25-17)13-3-5-15(28)6-4-13/h3-6,11,14,19,28H,2,7-10,12H2,1H3,(H,24,29)(H,23,25,26)/t19-/m1/s1. The minimum Gasteiger partial charge on any atom is -0.508 e. The summed E-state index contributed by atoms with van der Waals surface area (Å²) in [5.74, 6) is 0.698. The molecule has 0 spiro atoms. The van der Waals surface area contributed by atoms with Crippen LogP contribution in [0.2, 0.25) is 0 Å². The van der Waals surface area contributed by atoms with Gasteiger partial charge in [0.25, 0.3) is 5.91 Å². The van der Waals surface area contributed by atoms with E-state index in [-0.39, 0.29) is 17.7 Å². The van der Waals surface area contributed by atoms with Gasteiger partial charge in [0.05, 0.1) is 16.6 Å². The Morgan fingerprint density at radius 1 is 1.28 bits per heavy atom. The Bertz CT molecular complexity index is 1050. The van der Waals surface area contributed by atoms with Gasteiger partial charge >= 0.3 is 0 Å². The Hall–Kier alpha value is -2.93. The SMILES string of the molecule is CCc1[nH]nc2nc(-c3ccc(O)cc3)cc(C(=O)N[C@@H]3CN4CCC3CC4)c12. The molecular weight excluding hydrogens is 366 g/mol. The zero-order valence-electron chi connectivity index (χ0n) is 16.5. The molecule has 0 aliphatic carbocycles. The van der Waals surface area contributed by atoms with Crippen LogP contribution in [-0.2, 0) is 6.42 Å². The van der Waals surface area contributed by atoms with Crippen molar-refractivity contribution in [3.8, 4) is 17.0 Å². The third-order valence-electron chi connectivity index (χ3n) is 6.33. The molecule has 0 saturated carbocycles. The Kier molecular flexibility index (Phi) is 4.47. The summed E-state index contributed by atoms with van der Waals surface area (Å²) in [6.45, 7) is 5.25. The van der Waals surface area contributed by atoms with Crippen molar-refractivity contribution in [2.24, 2.45) is 5.92 Å².